The summed E-state index contributed by atoms with van der Waals surface area (Å²) in [7, 11) is 0. The number of carbonyl (C=O) groups is 2. The van der Waals surface area contributed by atoms with Gasteiger partial charge in [-0.15, -0.1) is 0 Å². The second-order valence-corrected chi connectivity index (χ2v) is 6.84. The van der Waals surface area contributed by atoms with Gasteiger partial charge in [0.05, 0.1) is 6.54 Å². The van der Waals surface area contributed by atoms with Crippen molar-refractivity contribution in [1.82, 2.24) is 4.90 Å². The van der Waals surface area contributed by atoms with Crippen molar-refractivity contribution in [2.75, 3.05) is 6.54 Å². The van der Waals surface area contributed by atoms with E-state index in [-0.39, 0.29) is 12.1 Å². The summed E-state index contributed by atoms with van der Waals surface area (Å²) < 4.78 is 10.7. The van der Waals surface area contributed by atoms with E-state index in [0.717, 1.165) is 5.57 Å². The van der Waals surface area contributed by atoms with Crippen LogP contribution in [0.3, 0.4) is 0 Å². The van der Waals surface area contributed by atoms with E-state index in [1.807, 2.05) is 40.7 Å². The van der Waals surface area contributed by atoms with Crippen LogP contribution in [0.4, 0.5) is 4.79 Å². The zero-order valence-electron chi connectivity index (χ0n) is 12.9. The van der Waals surface area contributed by atoms with Gasteiger partial charge in [-0.25, -0.2) is 9.59 Å². The highest BCUT2D eigenvalue weighted by Gasteiger charge is 2.61. The number of ether oxygens (including phenoxy) is 2. The molecule has 0 spiro atoms. The number of amides is 1. The quantitative estimate of drug-likeness (QED) is 0.577. The SMILES string of the molecule is CC(C)=CC[C@]12C[C@H](CN1C(=O)OC(C)(C)C)OC2=O. The van der Waals surface area contributed by atoms with Crippen LogP contribution in [0.5, 0.6) is 0 Å². The van der Waals surface area contributed by atoms with Crippen LogP contribution in [-0.4, -0.2) is 40.8 Å². The molecule has 5 heteroatoms. The molecule has 2 rings (SSSR count). The molecular weight excluding hydrogens is 258 g/mol. The van der Waals surface area contributed by atoms with Gasteiger partial charge in [-0.1, -0.05) is 11.6 Å². The second-order valence-electron chi connectivity index (χ2n) is 6.84. The molecule has 1 amide bonds. The number of allylic oxidation sites excluding steroid dienone is 1. The number of likely N-dealkylation sites (tertiary alicyclic amines) is 1. The van der Waals surface area contributed by atoms with Gasteiger partial charge in [0, 0.05) is 6.42 Å². The number of fused-ring (bicyclic) bond motifs is 2. The Hall–Kier alpha value is -1.52. The van der Waals surface area contributed by atoms with E-state index in [4.69, 9.17) is 9.47 Å². The molecule has 0 unspecified atom stereocenters. The Morgan fingerprint density at radius 3 is 2.65 bits per heavy atom. The third-order valence-corrected chi connectivity index (χ3v) is 3.58. The number of hydrogen-bond donors (Lipinski definition) is 0. The standard InChI is InChI=1S/C15H23NO4/c1-10(2)6-7-15-8-11(19-12(15)17)9-16(15)13(18)20-14(3,4)5/h6,11H,7-9H2,1-5H3/t11-,15-/m1/s1. The minimum Gasteiger partial charge on any atom is -0.459 e. The Morgan fingerprint density at radius 1 is 1.50 bits per heavy atom. The normalized spacial score (nSPS) is 28.4. The molecule has 2 aliphatic rings. The lowest BCUT2D eigenvalue weighted by Crippen LogP contribution is -2.55. The largest absolute Gasteiger partial charge is 0.459 e. The molecule has 0 saturated carbocycles. The van der Waals surface area contributed by atoms with Crippen molar-refractivity contribution in [3.8, 4) is 0 Å². The summed E-state index contributed by atoms with van der Waals surface area (Å²) in [6.07, 6.45) is 2.41. The van der Waals surface area contributed by atoms with E-state index in [9.17, 15) is 9.59 Å². The highest BCUT2D eigenvalue weighted by molar-refractivity contribution is 5.89. The fraction of sp³-hybridized carbons (Fsp3) is 0.733. The summed E-state index contributed by atoms with van der Waals surface area (Å²) >= 11 is 0. The molecule has 0 N–H and O–H groups in total. The van der Waals surface area contributed by atoms with Gasteiger partial charge in [0.25, 0.3) is 0 Å². The maximum Gasteiger partial charge on any atom is 0.411 e. The predicted molar refractivity (Wildman–Crippen MR) is 74.2 cm³/mol. The summed E-state index contributed by atoms with van der Waals surface area (Å²) in [6, 6.07) is 0. The maximum atomic E-state index is 12.3. The van der Waals surface area contributed by atoms with E-state index in [1.54, 1.807) is 4.90 Å². The van der Waals surface area contributed by atoms with Crippen LogP contribution < -0.4 is 0 Å². The first-order valence-electron chi connectivity index (χ1n) is 6.99. The Morgan fingerprint density at radius 2 is 2.15 bits per heavy atom. The number of nitrogens with zero attached hydrogens (tertiary/aromatic N) is 1. The fourth-order valence-electron chi connectivity index (χ4n) is 2.68. The van der Waals surface area contributed by atoms with Crippen molar-refractivity contribution in [1.29, 1.82) is 0 Å². The molecule has 20 heavy (non-hydrogen) atoms. The minimum atomic E-state index is -0.871. The highest BCUT2D eigenvalue weighted by Crippen LogP contribution is 2.42. The van der Waals surface area contributed by atoms with E-state index in [2.05, 4.69) is 0 Å². The first kappa shape index (κ1) is 14.9. The third-order valence-electron chi connectivity index (χ3n) is 3.58. The zero-order chi connectivity index (χ0) is 15.1. The molecule has 0 aromatic rings. The molecule has 5 nitrogen and oxygen atoms in total. The number of carbonyl (C=O) groups excluding carboxylic acids is 2. The van der Waals surface area contributed by atoms with Crippen molar-refractivity contribution >= 4 is 12.1 Å². The molecule has 2 bridgehead atoms. The Kier molecular flexibility index (Phi) is 3.56. The van der Waals surface area contributed by atoms with Crippen molar-refractivity contribution < 1.29 is 19.1 Å². The molecule has 2 fully saturated rings. The van der Waals surface area contributed by atoms with Gasteiger partial charge in [0.2, 0.25) is 0 Å². The molecule has 2 saturated heterocycles. The second kappa shape index (κ2) is 4.79. The van der Waals surface area contributed by atoms with Gasteiger partial charge in [-0.05, 0) is 41.0 Å². The smallest absolute Gasteiger partial charge is 0.411 e. The lowest BCUT2D eigenvalue weighted by molar-refractivity contribution is -0.157. The minimum absolute atomic E-state index is 0.194. The zero-order valence-corrected chi connectivity index (χ0v) is 12.9. The molecule has 2 atom stereocenters. The van der Waals surface area contributed by atoms with Gasteiger partial charge < -0.3 is 9.47 Å². The molecule has 0 aromatic carbocycles. The molecule has 0 radical (unpaired) electrons. The van der Waals surface area contributed by atoms with Crippen LogP contribution in [0.25, 0.3) is 0 Å². The first-order chi connectivity index (χ1) is 9.14. The van der Waals surface area contributed by atoms with Gasteiger partial charge in [-0.3, -0.25) is 4.90 Å². The summed E-state index contributed by atoms with van der Waals surface area (Å²) in [6.45, 7) is 9.83. The third kappa shape index (κ3) is 2.67. The highest BCUT2D eigenvalue weighted by atomic mass is 16.6. The summed E-state index contributed by atoms with van der Waals surface area (Å²) in [4.78, 5) is 26.0. The van der Waals surface area contributed by atoms with Crippen LogP contribution in [0, 0.1) is 0 Å². The van der Waals surface area contributed by atoms with E-state index in [1.165, 1.54) is 0 Å². The summed E-state index contributed by atoms with van der Waals surface area (Å²) in [5.74, 6) is -0.308. The Balaban J connectivity index is 2.22. The number of morpholine rings is 1. The van der Waals surface area contributed by atoms with Gasteiger partial charge in [0.1, 0.15) is 11.7 Å². The maximum absolute atomic E-state index is 12.3. The average molecular weight is 281 g/mol. The monoisotopic (exact) mass is 281 g/mol. The van der Waals surface area contributed by atoms with Crippen molar-refractivity contribution in [3.05, 3.63) is 11.6 Å². The molecular formula is C15H23NO4. The molecule has 2 aliphatic heterocycles. The molecule has 112 valence electrons. The van der Waals surface area contributed by atoms with Crippen LogP contribution in [-0.2, 0) is 14.3 Å². The van der Waals surface area contributed by atoms with Gasteiger partial charge in [-0.2, -0.15) is 0 Å². The Bertz CT molecular complexity index is 459. The lowest BCUT2D eigenvalue weighted by atomic mass is 9.92. The van der Waals surface area contributed by atoms with Crippen LogP contribution in [0.15, 0.2) is 11.6 Å². The lowest BCUT2D eigenvalue weighted by Gasteiger charge is -2.36. The van der Waals surface area contributed by atoms with Crippen LogP contribution >= 0.6 is 0 Å². The average Bonchev–Trinajstić information content (AvgIpc) is 2.78. The molecule has 0 aliphatic carbocycles. The Labute approximate surface area is 119 Å². The van der Waals surface area contributed by atoms with Crippen molar-refractivity contribution in [2.45, 2.75) is 64.7 Å². The number of rotatable bonds is 2. The van der Waals surface area contributed by atoms with E-state index in [0.29, 0.717) is 19.4 Å². The van der Waals surface area contributed by atoms with Crippen molar-refractivity contribution in [3.63, 3.8) is 0 Å². The van der Waals surface area contributed by atoms with E-state index < -0.39 is 17.2 Å². The molecule has 2 heterocycles. The topological polar surface area (TPSA) is 55.8 Å². The summed E-state index contributed by atoms with van der Waals surface area (Å²) in [5.41, 5.74) is -0.322. The molecule has 0 aromatic heterocycles. The van der Waals surface area contributed by atoms with Crippen LogP contribution in [0.2, 0.25) is 0 Å². The van der Waals surface area contributed by atoms with E-state index >= 15 is 0 Å². The van der Waals surface area contributed by atoms with Gasteiger partial charge >= 0.3 is 12.1 Å². The predicted octanol–water partition coefficient (Wildman–Crippen LogP) is 2.65. The van der Waals surface area contributed by atoms with Crippen LogP contribution in [0.1, 0.15) is 47.5 Å². The first-order valence-corrected chi connectivity index (χ1v) is 6.99. The van der Waals surface area contributed by atoms with Gasteiger partial charge in [0.15, 0.2) is 5.54 Å². The summed E-state index contributed by atoms with van der Waals surface area (Å²) in [5, 5.41) is 0. The fourth-order valence-corrected chi connectivity index (χ4v) is 2.68. The van der Waals surface area contributed by atoms with Crippen molar-refractivity contribution in [2.24, 2.45) is 0 Å². The number of hydrogen-bond acceptors (Lipinski definition) is 4. The number of esters is 1.